The molecule has 66 valence electrons. The van der Waals surface area contributed by atoms with Crippen LogP contribution in [-0.2, 0) is 0 Å². The van der Waals surface area contributed by atoms with Gasteiger partial charge in [0.1, 0.15) is 12.1 Å². The first-order valence-electron chi connectivity index (χ1n) is 4.21. The summed E-state index contributed by atoms with van der Waals surface area (Å²) < 4.78 is 1.98. The van der Waals surface area contributed by atoms with Crippen LogP contribution in [-0.4, -0.2) is 14.5 Å². The fourth-order valence-corrected chi connectivity index (χ4v) is 1.23. The average Bonchev–Trinajstić information content (AvgIpc) is 2.49. The van der Waals surface area contributed by atoms with Gasteiger partial charge in [-0.15, -0.1) is 0 Å². The van der Waals surface area contributed by atoms with Crippen LogP contribution in [0.4, 0.5) is 0 Å². The number of hydrogen-bond acceptors (Lipinski definition) is 2. The molecule has 0 bridgehead atoms. The normalized spacial score (nSPS) is 10.3. The van der Waals surface area contributed by atoms with Crippen LogP contribution in [0.2, 0.25) is 0 Å². The number of imidazole rings is 1. The monoisotopic (exact) mass is 173 g/mol. The van der Waals surface area contributed by atoms with E-state index in [0.29, 0.717) is 0 Å². The summed E-state index contributed by atoms with van der Waals surface area (Å²) in [5.74, 6) is 0.917. The molecular formula is C10H11N3. The van der Waals surface area contributed by atoms with Crippen LogP contribution < -0.4 is 0 Å². The molecule has 0 atom stereocenters. The van der Waals surface area contributed by atoms with Crippen molar-refractivity contribution in [3.05, 3.63) is 42.1 Å². The lowest BCUT2D eigenvalue weighted by atomic mass is 10.3. The van der Waals surface area contributed by atoms with E-state index in [1.807, 2.05) is 36.6 Å². The highest BCUT2D eigenvalue weighted by Gasteiger charge is 2.03. The van der Waals surface area contributed by atoms with E-state index in [0.717, 1.165) is 17.2 Å². The van der Waals surface area contributed by atoms with Gasteiger partial charge in [0, 0.05) is 11.9 Å². The quantitative estimate of drug-likeness (QED) is 0.659. The second kappa shape index (κ2) is 3.01. The van der Waals surface area contributed by atoms with Crippen molar-refractivity contribution in [1.82, 2.24) is 14.5 Å². The van der Waals surface area contributed by atoms with Crippen molar-refractivity contribution in [3.8, 4) is 5.82 Å². The fraction of sp³-hybridized carbons (Fsp3) is 0.200. The number of aromatic nitrogens is 3. The molecule has 0 N–H and O–H groups in total. The molecule has 0 amide bonds. The van der Waals surface area contributed by atoms with Gasteiger partial charge in [0.05, 0.1) is 5.69 Å². The fourth-order valence-electron chi connectivity index (χ4n) is 1.23. The van der Waals surface area contributed by atoms with Crippen LogP contribution in [0.5, 0.6) is 0 Å². The summed E-state index contributed by atoms with van der Waals surface area (Å²) in [5, 5.41) is 0. The first-order valence-corrected chi connectivity index (χ1v) is 4.21. The maximum atomic E-state index is 4.25. The Balaban J connectivity index is 2.53. The zero-order valence-corrected chi connectivity index (χ0v) is 7.73. The number of pyridine rings is 1. The Hall–Kier alpha value is -1.64. The summed E-state index contributed by atoms with van der Waals surface area (Å²) in [6, 6.07) is 5.84. The van der Waals surface area contributed by atoms with Crippen LogP contribution in [0.1, 0.15) is 11.4 Å². The number of aryl methyl sites for hydroxylation is 1. The lowest BCUT2D eigenvalue weighted by Gasteiger charge is -2.02. The largest absolute Gasteiger partial charge is 0.287 e. The van der Waals surface area contributed by atoms with Crippen LogP contribution in [0.25, 0.3) is 5.82 Å². The summed E-state index contributed by atoms with van der Waals surface area (Å²) in [4.78, 5) is 8.46. The van der Waals surface area contributed by atoms with E-state index in [-0.39, 0.29) is 0 Å². The van der Waals surface area contributed by atoms with Gasteiger partial charge in [0.15, 0.2) is 0 Å². The molecule has 3 heteroatoms. The predicted octanol–water partition coefficient (Wildman–Crippen LogP) is 1.88. The van der Waals surface area contributed by atoms with E-state index in [1.165, 1.54) is 0 Å². The van der Waals surface area contributed by atoms with Crippen LogP contribution in [0.3, 0.4) is 0 Å². The summed E-state index contributed by atoms with van der Waals surface area (Å²) in [7, 11) is 0. The van der Waals surface area contributed by atoms with Crippen LogP contribution >= 0.6 is 0 Å². The highest BCUT2D eigenvalue weighted by molar-refractivity contribution is 5.26. The number of nitrogens with zero attached hydrogens (tertiary/aromatic N) is 3. The van der Waals surface area contributed by atoms with Crippen LogP contribution in [0, 0.1) is 13.8 Å². The molecule has 2 aromatic heterocycles. The number of hydrogen-bond donors (Lipinski definition) is 0. The van der Waals surface area contributed by atoms with Crippen molar-refractivity contribution in [2.24, 2.45) is 0 Å². The SMILES string of the molecule is Cc1ncn(-c2ccccn2)c1C. The van der Waals surface area contributed by atoms with Gasteiger partial charge in [-0.05, 0) is 26.0 Å². The molecule has 0 saturated carbocycles. The molecule has 0 unspecified atom stereocenters. The first kappa shape index (κ1) is 7.98. The molecule has 0 spiro atoms. The van der Waals surface area contributed by atoms with E-state index in [2.05, 4.69) is 9.97 Å². The van der Waals surface area contributed by atoms with Gasteiger partial charge in [0.2, 0.25) is 0 Å². The Bertz CT molecular complexity index is 403. The van der Waals surface area contributed by atoms with E-state index in [1.54, 1.807) is 12.5 Å². The van der Waals surface area contributed by atoms with Crippen molar-refractivity contribution in [2.45, 2.75) is 13.8 Å². The standard InChI is InChI=1S/C10H11N3/c1-8-9(2)13(7-12-8)10-5-3-4-6-11-10/h3-7H,1-2H3. The minimum absolute atomic E-state index is 0.917. The highest BCUT2D eigenvalue weighted by atomic mass is 15.1. The van der Waals surface area contributed by atoms with Crippen molar-refractivity contribution < 1.29 is 0 Å². The molecule has 0 aliphatic carbocycles. The van der Waals surface area contributed by atoms with E-state index in [9.17, 15) is 0 Å². The Kier molecular flexibility index (Phi) is 1.85. The molecular weight excluding hydrogens is 162 g/mol. The molecule has 2 rings (SSSR count). The van der Waals surface area contributed by atoms with Gasteiger partial charge in [-0.25, -0.2) is 9.97 Å². The minimum Gasteiger partial charge on any atom is -0.287 e. The van der Waals surface area contributed by atoms with E-state index in [4.69, 9.17) is 0 Å². The van der Waals surface area contributed by atoms with Gasteiger partial charge >= 0.3 is 0 Å². The molecule has 0 aliphatic rings. The zero-order valence-electron chi connectivity index (χ0n) is 7.73. The Morgan fingerprint density at radius 2 is 2.00 bits per heavy atom. The summed E-state index contributed by atoms with van der Waals surface area (Å²) >= 11 is 0. The van der Waals surface area contributed by atoms with Gasteiger partial charge < -0.3 is 0 Å². The molecule has 0 radical (unpaired) electrons. The molecule has 0 fully saturated rings. The number of rotatable bonds is 1. The summed E-state index contributed by atoms with van der Waals surface area (Å²) in [6.45, 7) is 4.03. The summed E-state index contributed by atoms with van der Waals surface area (Å²) in [6.07, 6.45) is 3.58. The van der Waals surface area contributed by atoms with Crippen LogP contribution in [0.15, 0.2) is 30.7 Å². The smallest absolute Gasteiger partial charge is 0.138 e. The zero-order chi connectivity index (χ0) is 9.26. The molecule has 3 nitrogen and oxygen atoms in total. The van der Waals surface area contributed by atoms with Gasteiger partial charge in [-0.2, -0.15) is 0 Å². The lowest BCUT2D eigenvalue weighted by Crippen LogP contribution is -1.97. The van der Waals surface area contributed by atoms with E-state index < -0.39 is 0 Å². The van der Waals surface area contributed by atoms with Crippen molar-refractivity contribution in [1.29, 1.82) is 0 Å². The third-order valence-electron chi connectivity index (χ3n) is 2.15. The van der Waals surface area contributed by atoms with Gasteiger partial charge in [-0.3, -0.25) is 4.57 Å². The molecule has 13 heavy (non-hydrogen) atoms. The lowest BCUT2D eigenvalue weighted by molar-refractivity contribution is 0.950. The first-order chi connectivity index (χ1) is 6.29. The summed E-state index contributed by atoms with van der Waals surface area (Å²) in [5.41, 5.74) is 2.18. The van der Waals surface area contributed by atoms with Gasteiger partial charge in [-0.1, -0.05) is 6.07 Å². The predicted molar refractivity (Wildman–Crippen MR) is 50.8 cm³/mol. The maximum absolute atomic E-state index is 4.25. The third kappa shape index (κ3) is 1.33. The second-order valence-corrected chi connectivity index (χ2v) is 2.97. The topological polar surface area (TPSA) is 30.7 Å². The Morgan fingerprint density at radius 1 is 1.15 bits per heavy atom. The maximum Gasteiger partial charge on any atom is 0.138 e. The molecule has 2 aromatic rings. The Labute approximate surface area is 77.1 Å². The Morgan fingerprint density at radius 3 is 2.54 bits per heavy atom. The van der Waals surface area contributed by atoms with Crippen molar-refractivity contribution in [3.63, 3.8) is 0 Å². The van der Waals surface area contributed by atoms with Crippen molar-refractivity contribution >= 4 is 0 Å². The molecule has 0 aromatic carbocycles. The van der Waals surface area contributed by atoms with E-state index >= 15 is 0 Å². The second-order valence-electron chi connectivity index (χ2n) is 2.97. The van der Waals surface area contributed by atoms with Gasteiger partial charge in [0.25, 0.3) is 0 Å². The molecule has 0 aliphatic heterocycles. The third-order valence-corrected chi connectivity index (χ3v) is 2.15. The average molecular weight is 173 g/mol. The molecule has 2 heterocycles. The molecule has 0 saturated heterocycles. The minimum atomic E-state index is 0.917. The van der Waals surface area contributed by atoms with Crippen molar-refractivity contribution in [2.75, 3.05) is 0 Å². The highest BCUT2D eigenvalue weighted by Crippen LogP contribution is 2.09.